The topological polar surface area (TPSA) is 88.8 Å². The van der Waals surface area contributed by atoms with E-state index in [1.54, 1.807) is 0 Å². The van der Waals surface area contributed by atoms with Crippen molar-refractivity contribution in [3.8, 4) is 5.75 Å². The minimum absolute atomic E-state index is 0.0000896. The van der Waals surface area contributed by atoms with Crippen LogP contribution >= 0.6 is 0 Å². The van der Waals surface area contributed by atoms with Crippen LogP contribution in [0.5, 0.6) is 5.75 Å². The molecule has 2 N–H and O–H groups in total. The Bertz CT molecular complexity index is 753. The van der Waals surface area contributed by atoms with Crippen LogP contribution in [0.3, 0.4) is 0 Å². The van der Waals surface area contributed by atoms with Crippen molar-refractivity contribution in [2.75, 3.05) is 13.2 Å². The number of rotatable bonds is 4. The normalized spacial score (nSPS) is 11.4. The standard InChI is InChI=1S/C13H10F3NO5/c14-13(15,16)9-6-11(18)22-10-5-7(1-2-8(9)10)21-4-3-17-12(19)20/h1-2,5-6,17H,3-4H2,(H,19,20). The van der Waals surface area contributed by atoms with Gasteiger partial charge in [0.15, 0.2) is 0 Å². The van der Waals surface area contributed by atoms with E-state index in [-0.39, 0.29) is 29.9 Å². The second kappa shape index (κ2) is 5.96. The first-order valence-electron chi connectivity index (χ1n) is 6.02. The van der Waals surface area contributed by atoms with Crippen LogP contribution in [0.15, 0.2) is 33.5 Å². The summed E-state index contributed by atoms with van der Waals surface area (Å²) >= 11 is 0. The zero-order valence-electron chi connectivity index (χ0n) is 10.9. The molecular weight excluding hydrogens is 307 g/mol. The summed E-state index contributed by atoms with van der Waals surface area (Å²) in [5.41, 5.74) is -2.47. The van der Waals surface area contributed by atoms with Crippen molar-refractivity contribution in [3.63, 3.8) is 0 Å². The molecule has 0 unspecified atom stereocenters. The van der Waals surface area contributed by atoms with Crippen molar-refractivity contribution >= 4 is 17.1 Å². The van der Waals surface area contributed by atoms with Crippen LogP contribution in [-0.4, -0.2) is 24.4 Å². The highest BCUT2D eigenvalue weighted by Gasteiger charge is 2.33. The van der Waals surface area contributed by atoms with Gasteiger partial charge in [-0.25, -0.2) is 9.59 Å². The number of hydrogen-bond donors (Lipinski definition) is 2. The van der Waals surface area contributed by atoms with Gasteiger partial charge in [-0.05, 0) is 12.1 Å². The van der Waals surface area contributed by atoms with Crippen LogP contribution in [0.2, 0.25) is 0 Å². The summed E-state index contributed by atoms with van der Waals surface area (Å²) in [6.07, 6.45) is -5.90. The Hall–Kier alpha value is -2.71. The van der Waals surface area contributed by atoms with Gasteiger partial charge in [-0.2, -0.15) is 13.2 Å². The number of halogens is 3. The van der Waals surface area contributed by atoms with Gasteiger partial charge in [0.2, 0.25) is 0 Å². The van der Waals surface area contributed by atoms with Crippen LogP contribution in [0.25, 0.3) is 11.0 Å². The maximum absolute atomic E-state index is 12.8. The Balaban J connectivity index is 2.27. The second-order valence-corrected chi connectivity index (χ2v) is 4.22. The van der Waals surface area contributed by atoms with Crippen molar-refractivity contribution in [1.29, 1.82) is 0 Å². The molecule has 6 nitrogen and oxygen atoms in total. The van der Waals surface area contributed by atoms with Gasteiger partial charge in [-0.1, -0.05) is 0 Å². The van der Waals surface area contributed by atoms with E-state index in [1.807, 2.05) is 0 Å². The van der Waals surface area contributed by atoms with Crippen molar-refractivity contribution < 1.29 is 32.2 Å². The Morgan fingerprint density at radius 2 is 2.05 bits per heavy atom. The molecule has 0 spiro atoms. The lowest BCUT2D eigenvalue weighted by Gasteiger charge is -2.10. The van der Waals surface area contributed by atoms with Gasteiger partial charge in [0.1, 0.15) is 17.9 Å². The van der Waals surface area contributed by atoms with Crippen LogP contribution in [-0.2, 0) is 6.18 Å². The van der Waals surface area contributed by atoms with E-state index in [1.165, 1.54) is 6.07 Å². The molecule has 0 atom stereocenters. The fraction of sp³-hybridized carbons (Fsp3) is 0.231. The van der Waals surface area contributed by atoms with Gasteiger partial charge in [0.05, 0.1) is 12.1 Å². The van der Waals surface area contributed by atoms with Crippen molar-refractivity contribution in [3.05, 3.63) is 40.2 Å². The lowest BCUT2D eigenvalue weighted by molar-refractivity contribution is -0.136. The minimum atomic E-state index is -4.68. The van der Waals surface area contributed by atoms with Crippen LogP contribution in [0.1, 0.15) is 5.56 Å². The molecule has 1 amide bonds. The molecule has 0 bridgehead atoms. The van der Waals surface area contributed by atoms with Crippen LogP contribution < -0.4 is 15.7 Å². The summed E-state index contributed by atoms with van der Waals surface area (Å²) < 4.78 is 48.4. The molecule has 2 aromatic rings. The van der Waals surface area contributed by atoms with E-state index >= 15 is 0 Å². The first-order valence-corrected chi connectivity index (χ1v) is 6.02. The third-order valence-corrected chi connectivity index (χ3v) is 2.67. The van der Waals surface area contributed by atoms with Gasteiger partial charge < -0.3 is 19.6 Å². The molecule has 1 aromatic heterocycles. The fourth-order valence-electron chi connectivity index (χ4n) is 1.79. The Labute approximate surface area is 121 Å². The molecule has 0 aliphatic heterocycles. The van der Waals surface area contributed by atoms with E-state index in [0.29, 0.717) is 6.07 Å². The number of carbonyl (C=O) groups is 1. The zero-order valence-corrected chi connectivity index (χ0v) is 10.9. The molecule has 1 heterocycles. The summed E-state index contributed by atoms with van der Waals surface area (Å²) in [5.74, 6) is 0.155. The molecule has 0 saturated heterocycles. The van der Waals surface area contributed by atoms with Crippen molar-refractivity contribution in [1.82, 2.24) is 5.32 Å². The van der Waals surface area contributed by atoms with E-state index in [2.05, 4.69) is 5.32 Å². The zero-order chi connectivity index (χ0) is 16.3. The number of benzene rings is 1. The summed E-state index contributed by atoms with van der Waals surface area (Å²) in [6, 6.07) is 3.94. The average Bonchev–Trinajstić information content (AvgIpc) is 2.41. The second-order valence-electron chi connectivity index (χ2n) is 4.22. The molecule has 1 aromatic carbocycles. The van der Waals surface area contributed by atoms with Gasteiger partial charge in [-0.15, -0.1) is 0 Å². The summed E-state index contributed by atoms with van der Waals surface area (Å²) in [7, 11) is 0. The van der Waals surface area contributed by atoms with E-state index in [9.17, 15) is 22.8 Å². The maximum atomic E-state index is 12.8. The number of amides is 1. The van der Waals surface area contributed by atoms with Crippen molar-refractivity contribution in [2.24, 2.45) is 0 Å². The van der Waals surface area contributed by atoms with Gasteiger partial charge in [-0.3, -0.25) is 0 Å². The van der Waals surface area contributed by atoms with Crippen LogP contribution in [0, 0.1) is 0 Å². The number of nitrogens with one attached hydrogen (secondary N) is 1. The predicted molar refractivity (Wildman–Crippen MR) is 69.0 cm³/mol. The smallest absolute Gasteiger partial charge is 0.417 e. The third-order valence-electron chi connectivity index (χ3n) is 2.67. The minimum Gasteiger partial charge on any atom is -0.492 e. The molecule has 0 aliphatic carbocycles. The summed E-state index contributed by atoms with van der Waals surface area (Å²) in [5, 5.41) is 10.2. The van der Waals surface area contributed by atoms with Gasteiger partial charge in [0, 0.05) is 17.5 Å². The third kappa shape index (κ3) is 3.68. The number of hydrogen-bond acceptors (Lipinski definition) is 4. The number of carboxylic acid groups (broad SMARTS) is 1. The fourth-order valence-corrected chi connectivity index (χ4v) is 1.79. The van der Waals surface area contributed by atoms with E-state index in [0.717, 1.165) is 12.1 Å². The summed E-state index contributed by atoms with van der Waals surface area (Å²) in [4.78, 5) is 21.4. The Kier molecular flexibility index (Phi) is 4.25. The molecule has 0 aliphatic rings. The van der Waals surface area contributed by atoms with E-state index in [4.69, 9.17) is 14.3 Å². The number of fused-ring (bicyclic) bond motifs is 1. The molecule has 9 heteroatoms. The number of alkyl halides is 3. The quantitative estimate of drug-likeness (QED) is 0.668. The molecule has 0 fully saturated rings. The maximum Gasteiger partial charge on any atom is 0.417 e. The highest BCUT2D eigenvalue weighted by atomic mass is 19.4. The van der Waals surface area contributed by atoms with E-state index < -0.39 is 23.5 Å². The molecule has 2 rings (SSSR count). The SMILES string of the molecule is O=C(O)NCCOc1ccc2c(C(F)(F)F)cc(=O)oc2c1. The number of ether oxygens (including phenoxy) is 1. The lowest BCUT2D eigenvalue weighted by atomic mass is 10.1. The molecule has 22 heavy (non-hydrogen) atoms. The first-order chi connectivity index (χ1) is 10.3. The molecule has 118 valence electrons. The van der Waals surface area contributed by atoms with Crippen LogP contribution in [0.4, 0.5) is 18.0 Å². The Morgan fingerprint density at radius 3 is 2.68 bits per heavy atom. The summed E-state index contributed by atoms with van der Waals surface area (Å²) in [6.45, 7) is -0.0269. The predicted octanol–water partition coefficient (Wildman–Crippen LogP) is 2.46. The first kappa shape index (κ1) is 15.7. The molecular formula is C13H10F3NO5. The highest BCUT2D eigenvalue weighted by molar-refractivity contribution is 5.82. The highest BCUT2D eigenvalue weighted by Crippen LogP contribution is 2.34. The molecule has 0 saturated carbocycles. The van der Waals surface area contributed by atoms with Gasteiger partial charge in [0.25, 0.3) is 0 Å². The molecule has 0 radical (unpaired) electrons. The van der Waals surface area contributed by atoms with Crippen molar-refractivity contribution in [2.45, 2.75) is 6.18 Å². The lowest BCUT2D eigenvalue weighted by Crippen LogP contribution is -2.26. The average molecular weight is 317 g/mol. The van der Waals surface area contributed by atoms with Gasteiger partial charge >= 0.3 is 17.9 Å². The largest absolute Gasteiger partial charge is 0.492 e. The Morgan fingerprint density at radius 1 is 1.32 bits per heavy atom. The monoisotopic (exact) mass is 317 g/mol.